The first-order valence-electron chi connectivity index (χ1n) is 9.01. The van der Waals surface area contributed by atoms with Gasteiger partial charge in [0.1, 0.15) is 5.75 Å². The van der Waals surface area contributed by atoms with E-state index in [1.54, 1.807) is 31.2 Å². The third-order valence-corrected chi connectivity index (χ3v) is 4.81. The molecule has 0 radical (unpaired) electrons. The van der Waals surface area contributed by atoms with Crippen molar-refractivity contribution < 1.29 is 9.53 Å². The number of carbonyl (C=O) groups is 1. The van der Waals surface area contributed by atoms with Crippen LogP contribution in [0.5, 0.6) is 5.75 Å². The number of amides is 1. The molecular weight excluding hydrogens is 384 g/mol. The van der Waals surface area contributed by atoms with Crippen LogP contribution in [-0.4, -0.2) is 22.0 Å². The summed E-state index contributed by atoms with van der Waals surface area (Å²) < 4.78 is 5.63. The van der Waals surface area contributed by atoms with Crippen molar-refractivity contribution in [2.45, 2.75) is 36.9 Å². The van der Waals surface area contributed by atoms with Crippen molar-refractivity contribution >= 4 is 23.4 Å². The number of anilines is 1. The minimum atomic E-state index is -0.707. The molecule has 0 aliphatic heterocycles. The first-order valence-corrected chi connectivity index (χ1v) is 9.82. The fourth-order valence-corrected chi connectivity index (χ4v) is 3.45. The molecule has 0 saturated carbocycles. The number of nitrogens with one attached hydrogen (secondary N) is 1. The molecule has 1 aromatic heterocycles. The van der Waals surface area contributed by atoms with Gasteiger partial charge >= 0.3 is 0 Å². The van der Waals surface area contributed by atoms with Crippen LogP contribution >= 0.6 is 11.8 Å². The van der Waals surface area contributed by atoms with E-state index in [0.29, 0.717) is 22.2 Å². The van der Waals surface area contributed by atoms with Crippen molar-refractivity contribution in [1.82, 2.24) is 9.97 Å². The second-order valence-electron chi connectivity index (χ2n) is 6.45. The summed E-state index contributed by atoms with van der Waals surface area (Å²) in [6, 6.07) is 18.2. The number of nitriles is 1. The lowest BCUT2D eigenvalue weighted by atomic mass is 10.2. The lowest BCUT2D eigenvalue weighted by Gasteiger charge is -2.15. The van der Waals surface area contributed by atoms with Gasteiger partial charge in [-0.15, -0.1) is 0 Å². The van der Waals surface area contributed by atoms with E-state index >= 15 is 0 Å². The number of hydrogen-bond acceptors (Lipinski definition) is 6. The summed E-state index contributed by atoms with van der Waals surface area (Å²) in [6.07, 6.45) is -0.707. The second-order valence-corrected chi connectivity index (χ2v) is 7.49. The molecule has 1 unspecified atom stereocenters. The fourth-order valence-electron chi connectivity index (χ4n) is 2.59. The van der Waals surface area contributed by atoms with E-state index in [2.05, 4.69) is 15.3 Å². The van der Waals surface area contributed by atoms with Crippen LogP contribution in [0, 0.1) is 25.2 Å². The maximum atomic E-state index is 12.4. The Morgan fingerprint density at radius 3 is 2.45 bits per heavy atom. The molecule has 7 heteroatoms. The number of aromatic nitrogens is 2. The zero-order valence-corrected chi connectivity index (χ0v) is 17.2. The van der Waals surface area contributed by atoms with Gasteiger partial charge in [0, 0.05) is 22.0 Å². The highest BCUT2D eigenvalue weighted by Crippen LogP contribution is 2.26. The average Bonchev–Trinajstić information content (AvgIpc) is 2.69. The average molecular weight is 404 g/mol. The van der Waals surface area contributed by atoms with Gasteiger partial charge in [0.2, 0.25) is 0 Å². The highest BCUT2D eigenvalue weighted by atomic mass is 32.2. The highest BCUT2D eigenvalue weighted by molar-refractivity contribution is 7.99. The quantitative estimate of drug-likeness (QED) is 0.608. The van der Waals surface area contributed by atoms with Gasteiger partial charge in [0.05, 0.1) is 11.6 Å². The topological polar surface area (TPSA) is 87.9 Å². The molecule has 1 heterocycles. The Labute approximate surface area is 174 Å². The van der Waals surface area contributed by atoms with E-state index in [1.807, 2.05) is 50.2 Å². The molecule has 0 aliphatic carbocycles. The van der Waals surface area contributed by atoms with Gasteiger partial charge in [-0.05, 0) is 81.1 Å². The van der Waals surface area contributed by atoms with E-state index in [9.17, 15) is 4.79 Å². The maximum Gasteiger partial charge on any atom is 0.265 e. The summed E-state index contributed by atoms with van der Waals surface area (Å²) in [5.41, 5.74) is 3.01. The zero-order chi connectivity index (χ0) is 20.8. The van der Waals surface area contributed by atoms with Gasteiger partial charge in [-0.25, -0.2) is 9.97 Å². The van der Waals surface area contributed by atoms with Gasteiger partial charge in [0.15, 0.2) is 11.3 Å². The normalized spacial score (nSPS) is 11.4. The van der Waals surface area contributed by atoms with Crippen LogP contribution in [0.1, 0.15) is 23.9 Å². The molecule has 0 bridgehead atoms. The lowest BCUT2D eigenvalue weighted by molar-refractivity contribution is -0.122. The van der Waals surface area contributed by atoms with Crippen LogP contribution in [-0.2, 0) is 4.79 Å². The lowest BCUT2D eigenvalue weighted by Crippen LogP contribution is -2.30. The summed E-state index contributed by atoms with van der Waals surface area (Å²) in [5.74, 6) is 0.206. The molecule has 29 heavy (non-hydrogen) atoms. The number of aryl methyl sites for hydroxylation is 2. The Bertz CT molecular complexity index is 1040. The van der Waals surface area contributed by atoms with E-state index in [1.165, 1.54) is 11.8 Å². The SMILES string of the molecule is Cc1cc(C)nc(Sc2ccc(NC(=O)C(C)Oc3cccc(C#N)c3)cc2)n1. The van der Waals surface area contributed by atoms with Crippen molar-refractivity contribution in [2.24, 2.45) is 0 Å². The Balaban J connectivity index is 1.59. The molecule has 1 atom stereocenters. The smallest absolute Gasteiger partial charge is 0.265 e. The number of nitrogens with zero attached hydrogens (tertiary/aromatic N) is 3. The first kappa shape index (κ1) is 20.4. The molecular formula is C22H20N4O2S. The molecule has 146 valence electrons. The maximum absolute atomic E-state index is 12.4. The van der Waals surface area contributed by atoms with E-state index < -0.39 is 6.10 Å². The summed E-state index contributed by atoms with van der Waals surface area (Å²) in [4.78, 5) is 22.2. The van der Waals surface area contributed by atoms with Crippen LogP contribution in [0.4, 0.5) is 5.69 Å². The molecule has 1 amide bonds. The minimum Gasteiger partial charge on any atom is -0.481 e. The number of carbonyl (C=O) groups excluding carboxylic acids is 1. The van der Waals surface area contributed by atoms with Gasteiger partial charge in [-0.3, -0.25) is 4.79 Å². The van der Waals surface area contributed by atoms with Gasteiger partial charge in [-0.2, -0.15) is 5.26 Å². The fraction of sp³-hybridized carbons (Fsp3) is 0.182. The monoisotopic (exact) mass is 404 g/mol. The van der Waals surface area contributed by atoms with Crippen molar-refractivity contribution in [2.75, 3.05) is 5.32 Å². The standard InChI is InChI=1S/C22H20N4O2S/c1-14-11-15(2)25-22(24-14)29-20-9-7-18(8-10-20)26-21(27)16(3)28-19-6-4-5-17(12-19)13-23/h4-12,16H,1-3H3,(H,26,27). The summed E-state index contributed by atoms with van der Waals surface area (Å²) in [5, 5.41) is 12.5. The molecule has 0 aliphatic rings. The van der Waals surface area contributed by atoms with E-state index in [0.717, 1.165) is 16.3 Å². The molecule has 6 nitrogen and oxygen atoms in total. The minimum absolute atomic E-state index is 0.273. The molecule has 0 fully saturated rings. The first-order chi connectivity index (χ1) is 13.9. The van der Waals surface area contributed by atoms with Gasteiger partial charge < -0.3 is 10.1 Å². The van der Waals surface area contributed by atoms with Crippen molar-refractivity contribution in [3.8, 4) is 11.8 Å². The van der Waals surface area contributed by atoms with Crippen LogP contribution in [0.3, 0.4) is 0 Å². The number of rotatable bonds is 6. The Morgan fingerprint density at radius 1 is 1.10 bits per heavy atom. The second kappa shape index (κ2) is 9.22. The van der Waals surface area contributed by atoms with Gasteiger partial charge in [-0.1, -0.05) is 6.07 Å². The summed E-state index contributed by atoms with van der Waals surface area (Å²) >= 11 is 1.47. The largest absolute Gasteiger partial charge is 0.481 e. The highest BCUT2D eigenvalue weighted by Gasteiger charge is 2.15. The van der Waals surface area contributed by atoms with Crippen LogP contribution in [0.2, 0.25) is 0 Å². The Morgan fingerprint density at radius 2 is 1.79 bits per heavy atom. The van der Waals surface area contributed by atoms with Crippen molar-refractivity contribution in [1.29, 1.82) is 5.26 Å². The summed E-state index contributed by atoms with van der Waals surface area (Å²) in [6.45, 7) is 5.55. The third-order valence-electron chi connectivity index (χ3n) is 3.94. The zero-order valence-electron chi connectivity index (χ0n) is 16.3. The van der Waals surface area contributed by atoms with Crippen LogP contribution in [0.25, 0.3) is 0 Å². The molecule has 2 aromatic carbocycles. The Hall–Kier alpha value is -3.37. The van der Waals surface area contributed by atoms with E-state index in [4.69, 9.17) is 10.00 Å². The predicted molar refractivity (Wildman–Crippen MR) is 112 cm³/mol. The van der Waals surface area contributed by atoms with Crippen LogP contribution in [0.15, 0.2) is 64.6 Å². The van der Waals surface area contributed by atoms with E-state index in [-0.39, 0.29) is 5.91 Å². The number of hydrogen-bond donors (Lipinski definition) is 1. The van der Waals surface area contributed by atoms with Crippen molar-refractivity contribution in [3.05, 3.63) is 71.5 Å². The molecule has 0 spiro atoms. The third kappa shape index (κ3) is 5.80. The molecule has 1 N–H and O–H groups in total. The number of benzene rings is 2. The molecule has 0 saturated heterocycles. The predicted octanol–water partition coefficient (Wildman–Crippen LogP) is 4.52. The summed E-state index contributed by atoms with van der Waals surface area (Å²) in [7, 11) is 0. The van der Waals surface area contributed by atoms with Crippen molar-refractivity contribution in [3.63, 3.8) is 0 Å². The number of ether oxygens (including phenoxy) is 1. The molecule has 3 rings (SSSR count). The Kier molecular flexibility index (Phi) is 6.47. The van der Waals surface area contributed by atoms with Gasteiger partial charge in [0.25, 0.3) is 5.91 Å². The van der Waals surface area contributed by atoms with Crippen LogP contribution < -0.4 is 10.1 Å². The molecule has 3 aromatic rings.